The van der Waals surface area contributed by atoms with Crippen LogP contribution in [0.15, 0.2) is 0 Å². The summed E-state index contributed by atoms with van der Waals surface area (Å²) >= 11 is 0. The summed E-state index contributed by atoms with van der Waals surface area (Å²) in [5, 5.41) is 0. The third-order valence-electron chi connectivity index (χ3n) is 4.15. The van der Waals surface area contributed by atoms with Crippen molar-refractivity contribution >= 4 is 0 Å². The van der Waals surface area contributed by atoms with Gasteiger partial charge in [0, 0.05) is 0 Å². The molecular weight excluding hydrogens is 172 g/mol. The van der Waals surface area contributed by atoms with E-state index < -0.39 is 0 Å². The maximum absolute atomic E-state index is 6.19. The molecule has 84 valence electrons. The van der Waals surface area contributed by atoms with E-state index >= 15 is 0 Å². The highest BCUT2D eigenvalue weighted by Crippen LogP contribution is 2.38. The van der Waals surface area contributed by atoms with Gasteiger partial charge in [0.25, 0.3) is 0 Å². The highest BCUT2D eigenvalue weighted by atomic mass is 16.5. The molecule has 1 heterocycles. The second-order valence-corrected chi connectivity index (χ2v) is 5.37. The zero-order valence-corrected chi connectivity index (χ0v) is 10.6. The number of ether oxygens (including phenoxy) is 1. The molecule has 1 aliphatic heterocycles. The van der Waals surface area contributed by atoms with Crippen LogP contribution >= 0.6 is 0 Å². The van der Waals surface area contributed by atoms with Gasteiger partial charge in [0.2, 0.25) is 0 Å². The predicted molar refractivity (Wildman–Crippen MR) is 61.3 cm³/mol. The predicted octanol–water partition coefficient (Wildman–Crippen LogP) is 3.73. The van der Waals surface area contributed by atoms with Gasteiger partial charge in [-0.05, 0) is 30.1 Å². The first-order valence-corrected chi connectivity index (χ1v) is 6.14. The Labute approximate surface area is 89.2 Å². The van der Waals surface area contributed by atoms with Gasteiger partial charge in [-0.15, -0.1) is 0 Å². The summed E-state index contributed by atoms with van der Waals surface area (Å²) in [5.41, 5.74) is 0. The van der Waals surface area contributed by atoms with E-state index in [4.69, 9.17) is 4.74 Å². The Balaban J connectivity index is 2.73. The van der Waals surface area contributed by atoms with Crippen LogP contribution in [0.1, 0.15) is 48.0 Å². The van der Waals surface area contributed by atoms with E-state index in [1.165, 1.54) is 0 Å². The molecule has 1 aliphatic rings. The zero-order chi connectivity index (χ0) is 10.9. The lowest BCUT2D eigenvalue weighted by atomic mass is 9.73. The van der Waals surface area contributed by atoms with E-state index in [9.17, 15) is 0 Å². The minimum atomic E-state index is 0.464. The van der Waals surface area contributed by atoms with Crippen LogP contribution in [-0.4, -0.2) is 12.2 Å². The largest absolute Gasteiger partial charge is 0.374 e. The lowest BCUT2D eigenvalue weighted by molar-refractivity contribution is -0.149. The lowest BCUT2D eigenvalue weighted by Crippen LogP contribution is -2.46. The van der Waals surface area contributed by atoms with E-state index in [1.807, 2.05) is 0 Å². The Morgan fingerprint density at radius 3 is 2.00 bits per heavy atom. The van der Waals surface area contributed by atoms with Crippen molar-refractivity contribution in [2.45, 2.75) is 60.2 Å². The lowest BCUT2D eigenvalue weighted by Gasteiger charge is -2.45. The van der Waals surface area contributed by atoms with Crippen LogP contribution in [0.5, 0.6) is 0 Å². The van der Waals surface area contributed by atoms with Crippen LogP contribution in [0.25, 0.3) is 0 Å². The van der Waals surface area contributed by atoms with Gasteiger partial charge in [-0.2, -0.15) is 0 Å². The Morgan fingerprint density at radius 1 is 1.00 bits per heavy atom. The molecule has 1 heteroatoms. The molecule has 0 aromatic heterocycles. The Morgan fingerprint density at radius 2 is 1.57 bits per heavy atom. The molecule has 0 aromatic rings. The van der Waals surface area contributed by atoms with Crippen molar-refractivity contribution in [1.82, 2.24) is 0 Å². The molecule has 0 saturated carbocycles. The average molecular weight is 198 g/mol. The summed E-state index contributed by atoms with van der Waals surface area (Å²) in [6.07, 6.45) is 2.10. The standard InChI is InChI=1S/C13H26O/c1-7-12-10(5)9(4)11(6)13(14-12)8(2)3/h8-13H,7H2,1-6H3/t9?,10-,11-,12?,13+/m1/s1. The molecule has 0 bridgehead atoms. The summed E-state index contributed by atoms with van der Waals surface area (Å²) < 4.78 is 6.19. The van der Waals surface area contributed by atoms with Crippen LogP contribution in [0.2, 0.25) is 0 Å². The van der Waals surface area contributed by atoms with Gasteiger partial charge in [0.05, 0.1) is 12.2 Å². The van der Waals surface area contributed by atoms with Gasteiger partial charge in [-0.3, -0.25) is 0 Å². The SMILES string of the molecule is CCC1O[C@@H](C(C)C)[C@H](C)C(C)[C@H]1C. The van der Waals surface area contributed by atoms with E-state index in [2.05, 4.69) is 41.5 Å². The molecule has 0 aromatic carbocycles. The van der Waals surface area contributed by atoms with E-state index in [1.54, 1.807) is 0 Å². The summed E-state index contributed by atoms with van der Waals surface area (Å²) in [6, 6.07) is 0. The monoisotopic (exact) mass is 198 g/mol. The zero-order valence-electron chi connectivity index (χ0n) is 10.6. The van der Waals surface area contributed by atoms with Crippen molar-refractivity contribution in [3.05, 3.63) is 0 Å². The van der Waals surface area contributed by atoms with Crippen LogP contribution in [0.3, 0.4) is 0 Å². The summed E-state index contributed by atoms with van der Waals surface area (Å²) in [4.78, 5) is 0. The van der Waals surface area contributed by atoms with Gasteiger partial charge in [-0.25, -0.2) is 0 Å². The minimum Gasteiger partial charge on any atom is -0.374 e. The smallest absolute Gasteiger partial charge is 0.0630 e. The third kappa shape index (κ3) is 2.13. The van der Waals surface area contributed by atoms with E-state index in [0.29, 0.717) is 30.0 Å². The molecule has 0 amide bonds. The molecule has 1 rings (SSSR count). The highest BCUT2D eigenvalue weighted by molar-refractivity contribution is 4.86. The van der Waals surface area contributed by atoms with Crippen LogP contribution in [0, 0.1) is 23.7 Å². The normalized spacial score (nSPS) is 44.4. The van der Waals surface area contributed by atoms with E-state index in [0.717, 1.165) is 12.3 Å². The molecule has 14 heavy (non-hydrogen) atoms. The molecule has 1 saturated heterocycles. The molecule has 1 nitrogen and oxygen atoms in total. The van der Waals surface area contributed by atoms with E-state index in [-0.39, 0.29) is 0 Å². The second-order valence-electron chi connectivity index (χ2n) is 5.37. The topological polar surface area (TPSA) is 9.23 Å². The molecule has 0 spiro atoms. The molecular formula is C13H26O. The van der Waals surface area contributed by atoms with Gasteiger partial charge in [-0.1, -0.05) is 41.5 Å². The molecule has 5 atom stereocenters. The van der Waals surface area contributed by atoms with Gasteiger partial charge >= 0.3 is 0 Å². The number of hydrogen-bond donors (Lipinski definition) is 0. The number of rotatable bonds is 2. The quantitative estimate of drug-likeness (QED) is 0.657. The maximum Gasteiger partial charge on any atom is 0.0630 e. The van der Waals surface area contributed by atoms with Crippen LogP contribution in [0.4, 0.5) is 0 Å². The van der Waals surface area contributed by atoms with Crippen molar-refractivity contribution in [2.75, 3.05) is 0 Å². The molecule has 0 N–H and O–H groups in total. The summed E-state index contributed by atoms with van der Waals surface area (Å²) in [6.45, 7) is 13.9. The van der Waals surface area contributed by atoms with Crippen LogP contribution < -0.4 is 0 Å². The second kappa shape index (κ2) is 4.65. The fourth-order valence-electron chi connectivity index (χ4n) is 2.80. The van der Waals surface area contributed by atoms with Gasteiger partial charge in [0.15, 0.2) is 0 Å². The fraction of sp³-hybridized carbons (Fsp3) is 1.00. The first-order chi connectivity index (χ1) is 6.49. The van der Waals surface area contributed by atoms with Crippen molar-refractivity contribution in [2.24, 2.45) is 23.7 Å². The Hall–Kier alpha value is -0.0400. The molecule has 0 radical (unpaired) electrons. The van der Waals surface area contributed by atoms with Gasteiger partial charge in [0.1, 0.15) is 0 Å². The highest BCUT2D eigenvalue weighted by Gasteiger charge is 2.39. The molecule has 2 unspecified atom stereocenters. The summed E-state index contributed by atoms with van der Waals surface area (Å²) in [5.74, 6) is 2.85. The fourth-order valence-corrected chi connectivity index (χ4v) is 2.80. The van der Waals surface area contributed by atoms with Crippen LogP contribution in [-0.2, 0) is 4.74 Å². The first kappa shape index (κ1) is 12.0. The summed E-state index contributed by atoms with van der Waals surface area (Å²) in [7, 11) is 0. The molecule has 0 aliphatic carbocycles. The van der Waals surface area contributed by atoms with Crippen molar-refractivity contribution < 1.29 is 4.74 Å². The maximum atomic E-state index is 6.19. The minimum absolute atomic E-state index is 0.464. The Kier molecular flexibility index (Phi) is 4.00. The van der Waals surface area contributed by atoms with Crippen molar-refractivity contribution in [1.29, 1.82) is 0 Å². The van der Waals surface area contributed by atoms with Crippen molar-refractivity contribution in [3.63, 3.8) is 0 Å². The number of hydrogen-bond acceptors (Lipinski definition) is 1. The first-order valence-electron chi connectivity index (χ1n) is 6.14. The van der Waals surface area contributed by atoms with Gasteiger partial charge < -0.3 is 4.74 Å². The average Bonchev–Trinajstić information content (AvgIpc) is 2.14. The molecule has 1 fully saturated rings. The van der Waals surface area contributed by atoms with Crippen molar-refractivity contribution in [3.8, 4) is 0 Å². The Bertz CT molecular complexity index is 174. The third-order valence-corrected chi connectivity index (χ3v) is 4.15.